The van der Waals surface area contributed by atoms with Gasteiger partial charge in [-0.3, -0.25) is 5.43 Å². The Morgan fingerprint density at radius 2 is 1.88 bits per heavy atom. The number of hydrazone groups is 1. The van der Waals surface area contributed by atoms with Crippen LogP contribution in [0.1, 0.15) is 18.1 Å². The molecule has 2 aromatic rings. The predicted octanol–water partition coefficient (Wildman–Crippen LogP) is 3.43. The van der Waals surface area contributed by atoms with Crippen molar-refractivity contribution in [3.8, 4) is 17.2 Å². The van der Waals surface area contributed by atoms with Crippen LogP contribution in [0.3, 0.4) is 0 Å². The lowest BCUT2D eigenvalue weighted by Crippen LogP contribution is -2.25. The lowest BCUT2D eigenvalue weighted by atomic mass is 10.1. The highest BCUT2D eigenvalue weighted by Gasteiger charge is 2.07. The number of aryl methyl sites for hydroxylation is 1. The average Bonchev–Trinajstić information content (AvgIpc) is 2.61. The van der Waals surface area contributed by atoms with E-state index in [1.54, 1.807) is 44.6 Å². The molecule has 0 aromatic heterocycles. The molecule has 132 valence electrons. The van der Waals surface area contributed by atoms with Crippen molar-refractivity contribution in [2.75, 3.05) is 19.5 Å². The van der Waals surface area contributed by atoms with E-state index < -0.39 is 0 Å². The van der Waals surface area contributed by atoms with E-state index in [1.807, 2.05) is 19.9 Å². The highest BCUT2D eigenvalue weighted by molar-refractivity contribution is 7.80. The van der Waals surface area contributed by atoms with Gasteiger partial charge in [-0.05, 0) is 67.5 Å². The van der Waals surface area contributed by atoms with Crippen LogP contribution in [-0.4, -0.2) is 30.2 Å². The molecule has 0 saturated carbocycles. The summed E-state index contributed by atoms with van der Waals surface area (Å²) in [5.74, 6) is 1.58. The third-order valence-electron chi connectivity index (χ3n) is 3.59. The SMILES string of the molecule is COc1ccc(OC)c(NC(=S)NN=C(C)c2ccc(O)c(C)c2)c1. The zero-order valence-electron chi connectivity index (χ0n) is 14.6. The Balaban J connectivity index is 2.08. The second kappa shape index (κ2) is 8.34. The highest BCUT2D eigenvalue weighted by atomic mass is 32.1. The third kappa shape index (κ3) is 4.84. The van der Waals surface area contributed by atoms with Gasteiger partial charge in [-0.25, -0.2) is 0 Å². The number of anilines is 1. The molecule has 0 saturated heterocycles. The molecule has 2 rings (SSSR count). The maximum atomic E-state index is 9.59. The van der Waals surface area contributed by atoms with Crippen LogP contribution in [0.2, 0.25) is 0 Å². The van der Waals surface area contributed by atoms with Crippen LogP contribution < -0.4 is 20.2 Å². The summed E-state index contributed by atoms with van der Waals surface area (Å²) in [6.07, 6.45) is 0. The van der Waals surface area contributed by atoms with E-state index in [2.05, 4.69) is 15.8 Å². The van der Waals surface area contributed by atoms with Gasteiger partial charge in [0.15, 0.2) is 5.11 Å². The number of benzene rings is 2. The summed E-state index contributed by atoms with van der Waals surface area (Å²) in [4.78, 5) is 0. The van der Waals surface area contributed by atoms with Crippen molar-refractivity contribution in [3.63, 3.8) is 0 Å². The predicted molar refractivity (Wildman–Crippen MR) is 104 cm³/mol. The van der Waals surface area contributed by atoms with Gasteiger partial charge in [0.1, 0.15) is 17.2 Å². The normalized spacial score (nSPS) is 11.0. The lowest BCUT2D eigenvalue weighted by molar-refractivity contribution is 0.405. The minimum absolute atomic E-state index is 0.256. The van der Waals surface area contributed by atoms with Crippen molar-refractivity contribution in [1.29, 1.82) is 0 Å². The molecule has 0 aliphatic carbocycles. The summed E-state index contributed by atoms with van der Waals surface area (Å²) in [6.45, 7) is 3.69. The number of thiocarbonyl (C=S) groups is 1. The first-order valence-electron chi connectivity index (χ1n) is 7.58. The van der Waals surface area contributed by atoms with Gasteiger partial charge in [0, 0.05) is 6.07 Å². The minimum Gasteiger partial charge on any atom is -0.508 e. The number of hydrogen-bond donors (Lipinski definition) is 3. The van der Waals surface area contributed by atoms with Gasteiger partial charge in [0.2, 0.25) is 0 Å². The molecule has 0 atom stereocenters. The van der Waals surface area contributed by atoms with Crippen molar-refractivity contribution in [2.24, 2.45) is 5.10 Å². The number of hydrogen-bond acceptors (Lipinski definition) is 5. The quantitative estimate of drug-likeness (QED) is 0.431. The molecule has 0 amide bonds. The Bertz CT molecular complexity index is 806. The van der Waals surface area contributed by atoms with Gasteiger partial charge >= 0.3 is 0 Å². The van der Waals surface area contributed by atoms with Gasteiger partial charge in [-0.15, -0.1) is 0 Å². The topological polar surface area (TPSA) is 75.1 Å². The third-order valence-corrected chi connectivity index (χ3v) is 3.79. The largest absolute Gasteiger partial charge is 0.508 e. The van der Waals surface area contributed by atoms with Gasteiger partial charge in [0.05, 0.1) is 25.6 Å². The molecule has 0 radical (unpaired) electrons. The Kier molecular flexibility index (Phi) is 6.19. The fourth-order valence-corrected chi connectivity index (χ4v) is 2.30. The second-order valence-corrected chi connectivity index (χ2v) is 5.74. The van der Waals surface area contributed by atoms with Crippen molar-refractivity contribution < 1.29 is 14.6 Å². The van der Waals surface area contributed by atoms with Crippen molar-refractivity contribution >= 4 is 28.7 Å². The van der Waals surface area contributed by atoms with Crippen molar-refractivity contribution in [3.05, 3.63) is 47.5 Å². The second-order valence-electron chi connectivity index (χ2n) is 5.33. The number of rotatable bonds is 5. The Labute approximate surface area is 152 Å². The van der Waals surface area contributed by atoms with Crippen LogP contribution in [0, 0.1) is 6.92 Å². The number of methoxy groups -OCH3 is 2. The number of nitrogens with one attached hydrogen (secondary N) is 2. The summed E-state index contributed by atoms with van der Waals surface area (Å²) < 4.78 is 10.5. The van der Waals surface area contributed by atoms with Crippen LogP contribution in [0.15, 0.2) is 41.5 Å². The summed E-state index contributed by atoms with van der Waals surface area (Å²) >= 11 is 5.27. The van der Waals surface area contributed by atoms with E-state index in [0.29, 0.717) is 22.3 Å². The molecule has 2 aromatic carbocycles. The maximum absolute atomic E-state index is 9.59. The standard InChI is InChI=1S/C18H21N3O3S/c1-11-9-13(5-7-16(11)22)12(2)20-21-18(25)19-15-10-14(23-3)6-8-17(15)24-4/h5-10,22H,1-4H3,(H2,19,21,25). The summed E-state index contributed by atoms with van der Waals surface area (Å²) in [5.41, 5.74) is 5.90. The van der Waals surface area contributed by atoms with Crippen LogP contribution in [0.25, 0.3) is 0 Å². The summed E-state index contributed by atoms with van der Waals surface area (Å²) in [5, 5.41) is 17.2. The molecule has 7 heteroatoms. The number of aromatic hydroxyl groups is 1. The molecule has 0 fully saturated rings. The number of phenolic OH excluding ortho intramolecular Hbond substituents is 1. The van der Waals surface area contributed by atoms with Gasteiger partial charge in [0.25, 0.3) is 0 Å². The van der Waals surface area contributed by atoms with E-state index in [0.717, 1.165) is 16.8 Å². The number of ether oxygens (including phenoxy) is 2. The molecule has 0 heterocycles. The lowest BCUT2D eigenvalue weighted by Gasteiger charge is -2.13. The van der Waals surface area contributed by atoms with Gasteiger partial charge in [-0.1, -0.05) is 0 Å². The molecular weight excluding hydrogens is 338 g/mol. The summed E-state index contributed by atoms with van der Waals surface area (Å²) in [7, 11) is 3.17. The summed E-state index contributed by atoms with van der Waals surface area (Å²) in [6, 6.07) is 10.7. The number of phenols is 1. The monoisotopic (exact) mass is 359 g/mol. The zero-order chi connectivity index (χ0) is 18.4. The van der Waals surface area contributed by atoms with Crippen LogP contribution in [0.4, 0.5) is 5.69 Å². The maximum Gasteiger partial charge on any atom is 0.191 e. The Hall–Kier alpha value is -2.80. The Morgan fingerprint density at radius 1 is 1.12 bits per heavy atom. The zero-order valence-corrected chi connectivity index (χ0v) is 15.4. The smallest absolute Gasteiger partial charge is 0.191 e. The molecule has 25 heavy (non-hydrogen) atoms. The fourth-order valence-electron chi connectivity index (χ4n) is 2.14. The molecule has 0 spiro atoms. The first-order valence-corrected chi connectivity index (χ1v) is 7.98. The number of nitrogens with zero attached hydrogens (tertiary/aromatic N) is 1. The molecule has 6 nitrogen and oxygen atoms in total. The molecule has 3 N–H and O–H groups in total. The molecule has 0 aliphatic rings. The van der Waals surface area contributed by atoms with Crippen LogP contribution >= 0.6 is 12.2 Å². The van der Waals surface area contributed by atoms with Gasteiger partial charge in [-0.2, -0.15) is 5.10 Å². The van der Waals surface area contributed by atoms with E-state index in [4.69, 9.17) is 21.7 Å². The fraction of sp³-hybridized carbons (Fsp3) is 0.222. The van der Waals surface area contributed by atoms with Crippen molar-refractivity contribution in [1.82, 2.24) is 5.43 Å². The molecule has 0 unspecified atom stereocenters. The molecule has 0 aliphatic heterocycles. The first-order chi connectivity index (χ1) is 11.9. The van der Waals surface area contributed by atoms with E-state index in [1.165, 1.54) is 0 Å². The van der Waals surface area contributed by atoms with E-state index >= 15 is 0 Å². The average molecular weight is 359 g/mol. The van der Waals surface area contributed by atoms with Gasteiger partial charge < -0.3 is 19.9 Å². The van der Waals surface area contributed by atoms with Crippen LogP contribution in [0.5, 0.6) is 17.2 Å². The van der Waals surface area contributed by atoms with E-state index in [9.17, 15) is 5.11 Å². The highest BCUT2D eigenvalue weighted by Crippen LogP contribution is 2.28. The van der Waals surface area contributed by atoms with E-state index in [-0.39, 0.29) is 5.75 Å². The molecule has 0 bridgehead atoms. The first kappa shape index (κ1) is 18.5. The molecular formula is C18H21N3O3S. The Morgan fingerprint density at radius 3 is 2.52 bits per heavy atom. The van der Waals surface area contributed by atoms with Crippen molar-refractivity contribution in [2.45, 2.75) is 13.8 Å². The van der Waals surface area contributed by atoms with Crippen LogP contribution in [-0.2, 0) is 0 Å². The minimum atomic E-state index is 0.256.